The van der Waals surface area contributed by atoms with Crippen LogP contribution >= 0.6 is 22.6 Å². The van der Waals surface area contributed by atoms with E-state index in [-0.39, 0.29) is 11.9 Å². The minimum Gasteiger partial charge on any atom is -0.365 e. The lowest BCUT2D eigenvalue weighted by molar-refractivity contribution is 0.0718. The van der Waals surface area contributed by atoms with Crippen molar-refractivity contribution < 1.29 is 4.79 Å². The van der Waals surface area contributed by atoms with Gasteiger partial charge in [-0.3, -0.25) is 4.79 Å². The van der Waals surface area contributed by atoms with Crippen LogP contribution in [0.3, 0.4) is 0 Å². The number of rotatable bonds is 6. The van der Waals surface area contributed by atoms with Crippen LogP contribution in [0.25, 0.3) is 11.2 Å². The maximum Gasteiger partial charge on any atom is 0.253 e. The third-order valence-electron chi connectivity index (χ3n) is 8.46. The fourth-order valence-corrected chi connectivity index (χ4v) is 6.53. The first-order valence-electron chi connectivity index (χ1n) is 14.1. The van der Waals surface area contributed by atoms with Crippen molar-refractivity contribution in [2.45, 2.75) is 88.4 Å². The number of nitrogens with one attached hydrogen (secondary N) is 2. The Balaban J connectivity index is 1.19. The summed E-state index contributed by atoms with van der Waals surface area (Å²) in [6.45, 7) is 1.45. The van der Waals surface area contributed by atoms with E-state index in [1.807, 2.05) is 35.5 Å². The zero-order chi connectivity index (χ0) is 26.1. The normalized spacial score (nSPS) is 23.2. The van der Waals surface area contributed by atoms with E-state index in [1.54, 1.807) is 0 Å². The van der Waals surface area contributed by atoms with Crippen LogP contribution in [-0.4, -0.2) is 61.5 Å². The molecule has 0 unspecified atom stereocenters. The second-order valence-electron chi connectivity index (χ2n) is 11.1. The van der Waals surface area contributed by atoms with Gasteiger partial charge in [-0.05, 0) is 98.2 Å². The van der Waals surface area contributed by atoms with E-state index in [0.29, 0.717) is 24.1 Å². The number of hydrogen-bond acceptors (Lipinski definition) is 7. The minimum atomic E-state index is 0.110. The molecule has 1 amide bonds. The summed E-state index contributed by atoms with van der Waals surface area (Å²) in [7, 11) is 0. The summed E-state index contributed by atoms with van der Waals surface area (Å²) in [5, 5.41) is 7.30. The Kier molecular flexibility index (Phi) is 7.69. The maximum atomic E-state index is 13.0. The van der Waals surface area contributed by atoms with Crippen LogP contribution in [0.15, 0.2) is 30.6 Å². The Morgan fingerprint density at radius 3 is 2.29 bits per heavy atom. The number of nitrogens with zero attached hydrogens (tertiary/aromatic N) is 5. The maximum absolute atomic E-state index is 13.0. The molecule has 0 radical (unpaired) electrons. The summed E-state index contributed by atoms with van der Waals surface area (Å²) >= 11 is 2.26. The topological polar surface area (TPSA) is 114 Å². The van der Waals surface area contributed by atoms with Crippen LogP contribution in [0.2, 0.25) is 0 Å². The van der Waals surface area contributed by atoms with E-state index in [2.05, 4.69) is 37.8 Å². The molecule has 0 spiro atoms. The van der Waals surface area contributed by atoms with E-state index in [1.165, 1.54) is 25.7 Å². The molecule has 38 heavy (non-hydrogen) atoms. The summed E-state index contributed by atoms with van der Waals surface area (Å²) in [4.78, 5) is 29.6. The number of carbonyl (C=O) groups is 1. The quantitative estimate of drug-likeness (QED) is 0.332. The first kappa shape index (κ1) is 25.8. The predicted molar refractivity (Wildman–Crippen MR) is 158 cm³/mol. The molecule has 3 fully saturated rings. The van der Waals surface area contributed by atoms with E-state index in [0.717, 1.165) is 77.7 Å². The van der Waals surface area contributed by atoms with Crippen molar-refractivity contribution in [1.82, 2.24) is 24.4 Å². The molecule has 4 N–H and O–H groups in total. The number of benzene rings is 1. The van der Waals surface area contributed by atoms with Gasteiger partial charge in [-0.2, -0.15) is 9.97 Å². The number of amides is 1. The minimum absolute atomic E-state index is 0.110. The molecule has 0 bridgehead atoms. The lowest BCUT2D eigenvalue weighted by Crippen LogP contribution is -2.42. The van der Waals surface area contributed by atoms with Gasteiger partial charge in [0.1, 0.15) is 0 Å². The molecule has 202 valence electrons. The van der Waals surface area contributed by atoms with E-state index in [4.69, 9.17) is 20.7 Å². The van der Waals surface area contributed by atoms with Gasteiger partial charge in [0, 0.05) is 46.4 Å². The van der Waals surface area contributed by atoms with Crippen molar-refractivity contribution in [2.24, 2.45) is 5.73 Å². The number of imidazole rings is 1. The zero-order valence-electron chi connectivity index (χ0n) is 21.8. The molecule has 2 aliphatic carbocycles. The predicted octanol–water partition coefficient (Wildman–Crippen LogP) is 4.94. The third kappa shape index (κ3) is 5.61. The van der Waals surface area contributed by atoms with Gasteiger partial charge in [-0.15, -0.1) is 0 Å². The Morgan fingerprint density at radius 1 is 0.895 bits per heavy atom. The van der Waals surface area contributed by atoms with E-state index in [9.17, 15) is 4.79 Å². The van der Waals surface area contributed by atoms with E-state index < -0.39 is 0 Å². The highest BCUT2D eigenvalue weighted by molar-refractivity contribution is 14.1. The average Bonchev–Trinajstić information content (AvgIpc) is 3.61. The summed E-state index contributed by atoms with van der Waals surface area (Å²) in [5.74, 6) is 1.58. The van der Waals surface area contributed by atoms with Crippen LogP contribution in [0.4, 0.5) is 11.8 Å². The van der Waals surface area contributed by atoms with Crippen molar-refractivity contribution in [1.29, 1.82) is 0 Å². The van der Waals surface area contributed by atoms with Gasteiger partial charge in [-0.25, -0.2) is 4.98 Å². The summed E-state index contributed by atoms with van der Waals surface area (Å²) in [6, 6.07) is 9.15. The molecule has 1 aliphatic heterocycles. The summed E-state index contributed by atoms with van der Waals surface area (Å²) in [5.41, 5.74) is 8.64. The number of aromatic nitrogens is 4. The molecule has 1 saturated heterocycles. The Hall–Kier alpha value is -2.47. The second kappa shape index (κ2) is 11.3. The lowest BCUT2D eigenvalue weighted by atomic mass is 9.92. The van der Waals surface area contributed by atoms with Gasteiger partial charge >= 0.3 is 0 Å². The Bertz CT molecular complexity index is 1260. The zero-order valence-corrected chi connectivity index (χ0v) is 23.9. The number of piperidine rings is 1. The van der Waals surface area contributed by atoms with Gasteiger partial charge in [0.15, 0.2) is 17.0 Å². The molecule has 2 saturated carbocycles. The van der Waals surface area contributed by atoms with Crippen molar-refractivity contribution in [3.8, 4) is 0 Å². The Morgan fingerprint density at radius 2 is 1.58 bits per heavy atom. The lowest BCUT2D eigenvalue weighted by Gasteiger charge is -2.33. The number of likely N-dealkylation sites (tertiary alicyclic amines) is 1. The summed E-state index contributed by atoms with van der Waals surface area (Å²) in [6.07, 6.45) is 12.7. The van der Waals surface area contributed by atoms with Gasteiger partial charge in [0.25, 0.3) is 5.91 Å². The second-order valence-corrected chi connectivity index (χ2v) is 12.4. The number of hydrogen-bond donors (Lipinski definition) is 3. The van der Waals surface area contributed by atoms with Crippen molar-refractivity contribution >= 4 is 51.4 Å². The average molecular weight is 629 g/mol. The standard InChI is InChI=1S/C28H37IN8O/c29-19-7-5-18(6-8-19)27(38)36-15-13-22(14-16-36)32-25-24-26(37(17-31-24)23-3-1-2-4-23)35-28(34-25)33-21-11-9-20(30)10-12-21/h5-8,17,20-23H,1-4,9-16,30H2,(H2,32,33,34,35). The molecule has 2 aromatic heterocycles. The molecule has 3 aromatic rings. The van der Waals surface area contributed by atoms with Crippen LogP contribution in [0, 0.1) is 3.57 Å². The van der Waals surface area contributed by atoms with Crippen LogP contribution in [-0.2, 0) is 0 Å². The highest BCUT2D eigenvalue weighted by Crippen LogP contribution is 2.34. The molecule has 0 atom stereocenters. The monoisotopic (exact) mass is 628 g/mol. The molecule has 3 heterocycles. The molecular formula is C28H37IN8O. The van der Waals surface area contributed by atoms with Gasteiger partial charge in [0.05, 0.1) is 6.33 Å². The van der Waals surface area contributed by atoms with Gasteiger partial charge in [-0.1, -0.05) is 12.8 Å². The van der Waals surface area contributed by atoms with E-state index >= 15 is 0 Å². The van der Waals surface area contributed by atoms with Gasteiger partial charge in [0.2, 0.25) is 5.95 Å². The first-order chi connectivity index (χ1) is 18.5. The van der Waals surface area contributed by atoms with Crippen LogP contribution in [0.1, 0.15) is 80.6 Å². The SMILES string of the molecule is NC1CCC(Nc2nc(NC3CCN(C(=O)c4ccc(I)cc4)CC3)c3ncn(C4CCCC4)c3n2)CC1. The Labute approximate surface area is 237 Å². The largest absolute Gasteiger partial charge is 0.365 e. The highest BCUT2D eigenvalue weighted by atomic mass is 127. The number of carbonyl (C=O) groups excluding carboxylic acids is 1. The molecule has 3 aliphatic rings. The fourth-order valence-electron chi connectivity index (χ4n) is 6.17. The third-order valence-corrected chi connectivity index (χ3v) is 9.18. The number of fused-ring (bicyclic) bond motifs is 1. The first-order valence-corrected chi connectivity index (χ1v) is 15.2. The molecule has 6 rings (SSSR count). The number of nitrogens with two attached hydrogens (primary N) is 1. The van der Waals surface area contributed by atoms with Crippen LogP contribution in [0.5, 0.6) is 0 Å². The highest BCUT2D eigenvalue weighted by Gasteiger charge is 2.27. The van der Waals surface area contributed by atoms with Crippen LogP contribution < -0.4 is 16.4 Å². The molecule has 1 aromatic carbocycles. The molecule has 10 heteroatoms. The smallest absolute Gasteiger partial charge is 0.253 e. The van der Waals surface area contributed by atoms with Crippen molar-refractivity contribution in [3.05, 3.63) is 39.7 Å². The molecule has 9 nitrogen and oxygen atoms in total. The van der Waals surface area contributed by atoms with Gasteiger partial charge < -0.3 is 25.8 Å². The molecular weight excluding hydrogens is 591 g/mol. The number of halogens is 1. The van der Waals surface area contributed by atoms with Crippen molar-refractivity contribution in [2.75, 3.05) is 23.7 Å². The number of anilines is 2. The fraction of sp³-hybridized carbons (Fsp3) is 0.571. The summed E-state index contributed by atoms with van der Waals surface area (Å²) < 4.78 is 3.40. The van der Waals surface area contributed by atoms with Crippen molar-refractivity contribution in [3.63, 3.8) is 0 Å².